The van der Waals surface area contributed by atoms with Gasteiger partial charge in [0.1, 0.15) is 12.3 Å². The van der Waals surface area contributed by atoms with Crippen LogP contribution < -0.4 is 0 Å². The van der Waals surface area contributed by atoms with Gasteiger partial charge in [-0.1, -0.05) is 0 Å². The lowest BCUT2D eigenvalue weighted by Gasteiger charge is -2.12. The minimum Gasteiger partial charge on any atom is -0.390 e. The minimum atomic E-state index is -3.68. The summed E-state index contributed by atoms with van der Waals surface area (Å²) in [6, 6.07) is 0. The van der Waals surface area contributed by atoms with Crippen LogP contribution in [0.15, 0.2) is 6.20 Å². The van der Waals surface area contributed by atoms with E-state index in [9.17, 15) is 17.6 Å². The van der Waals surface area contributed by atoms with Crippen LogP contribution in [0.25, 0.3) is 0 Å². The van der Waals surface area contributed by atoms with Crippen molar-refractivity contribution < 1.29 is 22.7 Å². The highest BCUT2D eigenvalue weighted by molar-refractivity contribution is 5.23. The molecule has 0 atom stereocenters. The van der Waals surface area contributed by atoms with Crippen molar-refractivity contribution in [2.24, 2.45) is 7.05 Å². The van der Waals surface area contributed by atoms with E-state index in [1.54, 1.807) is 0 Å². The topological polar surface area (TPSA) is 38.0 Å². The Hall–Kier alpha value is -1.11. The van der Waals surface area contributed by atoms with E-state index in [4.69, 9.17) is 5.11 Å². The molecule has 1 N–H and O–H groups in total. The van der Waals surface area contributed by atoms with Crippen LogP contribution in [0, 0.1) is 0 Å². The lowest BCUT2D eigenvalue weighted by Crippen LogP contribution is -2.19. The van der Waals surface area contributed by atoms with Gasteiger partial charge >= 0.3 is 0 Å². The summed E-state index contributed by atoms with van der Waals surface area (Å²) in [7, 11) is 1.25. The van der Waals surface area contributed by atoms with E-state index < -0.39 is 30.2 Å². The summed E-state index contributed by atoms with van der Waals surface area (Å²) >= 11 is 0. The maximum absolute atomic E-state index is 12.9. The van der Waals surface area contributed by atoms with Gasteiger partial charge in [0.25, 0.3) is 12.3 Å². The Kier molecular flexibility index (Phi) is 2.79. The third kappa shape index (κ3) is 1.87. The highest BCUT2D eigenvalue weighted by Gasteiger charge is 2.37. The Morgan fingerprint density at radius 3 is 2.57 bits per heavy atom. The molecule has 0 radical (unpaired) electrons. The number of nitrogens with zero attached hydrogens (tertiary/aromatic N) is 2. The Bertz CT molecular complexity index is 323. The standard InChI is InChI=1S/C7H8F4N2O/c1-13-2-4(7(10,11)3-14)5(12-13)6(8)9/h2,6,14H,3H2,1H3. The van der Waals surface area contributed by atoms with E-state index in [1.807, 2.05) is 0 Å². The molecule has 1 aromatic rings. The Labute approximate surface area is 77.0 Å². The summed E-state index contributed by atoms with van der Waals surface area (Å²) < 4.78 is 51.1. The largest absolute Gasteiger partial charge is 0.390 e. The molecule has 0 saturated heterocycles. The zero-order valence-corrected chi connectivity index (χ0v) is 7.22. The monoisotopic (exact) mass is 212 g/mol. The first-order chi connectivity index (χ1) is 6.38. The number of aliphatic hydroxyl groups excluding tert-OH is 1. The van der Waals surface area contributed by atoms with Crippen LogP contribution in [0.2, 0.25) is 0 Å². The maximum Gasteiger partial charge on any atom is 0.299 e. The molecule has 0 unspecified atom stereocenters. The number of halogens is 4. The SMILES string of the molecule is Cn1cc(C(F)(F)CO)c(C(F)F)n1. The molecule has 0 aliphatic heterocycles. The van der Waals surface area contributed by atoms with E-state index >= 15 is 0 Å². The number of hydrogen-bond donors (Lipinski definition) is 1. The Balaban J connectivity index is 3.19. The van der Waals surface area contributed by atoms with Crippen LogP contribution >= 0.6 is 0 Å². The van der Waals surface area contributed by atoms with Crippen LogP contribution in [0.4, 0.5) is 17.6 Å². The fourth-order valence-electron chi connectivity index (χ4n) is 1.03. The molecule has 3 nitrogen and oxygen atoms in total. The zero-order valence-electron chi connectivity index (χ0n) is 7.22. The predicted octanol–water partition coefficient (Wildman–Crippen LogP) is 1.44. The van der Waals surface area contributed by atoms with Gasteiger partial charge in [0.2, 0.25) is 0 Å². The summed E-state index contributed by atoms with van der Waals surface area (Å²) in [6.45, 7) is -1.52. The van der Waals surface area contributed by atoms with Crippen molar-refractivity contribution in [1.29, 1.82) is 0 Å². The molecular formula is C7H8F4N2O. The second-order valence-corrected chi connectivity index (χ2v) is 2.76. The highest BCUT2D eigenvalue weighted by Crippen LogP contribution is 2.33. The third-order valence-electron chi connectivity index (χ3n) is 1.66. The molecular weight excluding hydrogens is 204 g/mol. The molecule has 0 fully saturated rings. The van der Waals surface area contributed by atoms with Gasteiger partial charge in [-0.05, 0) is 0 Å². The quantitative estimate of drug-likeness (QED) is 0.770. The second kappa shape index (κ2) is 3.56. The van der Waals surface area contributed by atoms with E-state index in [-0.39, 0.29) is 0 Å². The summed E-state index contributed by atoms with van der Waals surface area (Å²) in [5.74, 6) is -3.68. The van der Waals surface area contributed by atoms with Gasteiger partial charge in [0.15, 0.2) is 0 Å². The van der Waals surface area contributed by atoms with Crippen molar-refractivity contribution in [2.75, 3.05) is 6.61 Å². The number of hydrogen-bond acceptors (Lipinski definition) is 2. The normalized spacial score (nSPS) is 12.5. The first kappa shape index (κ1) is 11.0. The molecule has 0 aliphatic rings. The molecule has 1 heterocycles. The van der Waals surface area contributed by atoms with Gasteiger partial charge in [0, 0.05) is 13.2 Å². The summed E-state index contributed by atoms with van der Waals surface area (Å²) in [4.78, 5) is 0. The average Bonchev–Trinajstić information content (AvgIpc) is 2.48. The highest BCUT2D eigenvalue weighted by atomic mass is 19.3. The second-order valence-electron chi connectivity index (χ2n) is 2.76. The van der Waals surface area contributed by atoms with E-state index in [0.29, 0.717) is 0 Å². The number of aryl methyl sites for hydroxylation is 1. The molecule has 0 bridgehead atoms. The summed E-state index contributed by atoms with van der Waals surface area (Å²) in [5.41, 5.74) is -1.93. The lowest BCUT2D eigenvalue weighted by atomic mass is 10.1. The van der Waals surface area contributed by atoms with Gasteiger partial charge in [-0.15, -0.1) is 0 Å². The smallest absolute Gasteiger partial charge is 0.299 e. The average molecular weight is 212 g/mol. The van der Waals surface area contributed by atoms with Crippen LogP contribution in [0.5, 0.6) is 0 Å². The van der Waals surface area contributed by atoms with Crippen molar-refractivity contribution in [1.82, 2.24) is 9.78 Å². The number of aliphatic hydroxyl groups is 1. The van der Waals surface area contributed by atoms with Gasteiger partial charge < -0.3 is 5.11 Å². The fraction of sp³-hybridized carbons (Fsp3) is 0.571. The number of rotatable bonds is 3. The van der Waals surface area contributed by atoms with E-state index in [1.165, 1.54) is 7.05 Å². The van der Waals surface area contributed by atoms with Crippen LogP contribution in [0.1, 0.15) is 17.7 Å². The van der Waals surface area contributed by atoms with Gasteiger partial charge in [-0.3, -0.25) is 4.68 Å². The van der Waals surface area contributed by atoms with Crippen LogP contribution in [-0.4, -0.2) is 21.5 Å². The van der Waals surface area contributed by atoms with Crippen molar-refractivity contribution in [2.45, 2.75) is 12.3 Å². The summed E-state index contributed by atoms with van der Waals surface area (Å²) in [5, 5.41) is 11.5. The molecule has 1 rings (SSSR count). The molecule has 0 aromatic carbocycles. The van der Waals surface area contributed by atoms with Crippen molar-refractivity contribution in [3.63, 3.8) is 0 Å². The van der Waals surface area contributed by atoms with E-state index in [0.717, 1.165) is 10.9 Å². The Morgan fingerprint density at radius 2 is 2.14 bits per heavy atom. The predicted molar refractivity (Wildman–Crippen MR) is 39.1 cm³/mol. The van der Waals surface area contributed by atoms with Crippen molar-refractivity contribution in [3.8, 4) is 0 Å². The lowest BCUT2D eigenvalue weighted by molar-refractivity contribution is -0.0582. The molecule has 1 aromatic heterocycles. The minimum absolute atomic E-state index is 0.776. The molecule has 14 heavy (non-hydrogen) atoms. The maximum atomic E-state index is 12.9. The molecule has 7 heteroatoms. The molecule has 0 spiro atoms. The first-order valence-electron chi connectivity index (χ1n) is 3.69. The summed E-state index contributed by atoms with van der Waals surface area (Å²) in [6.07, 6.45) is -2.30. The first-order valence-corrected chi connectivity index (χ1v) is 3.69. The van der Waals surface area contributed by atoms with Crippen molar-refractivity contribution in [3.05, 3.63) is 17.5 Å². The van der Waals surface area contributed by atoms with Gasteiger partial charge in [-0.25, -0.2) is 8.78 Å². The molecule has 0 aliphatic carbocycles. The van der Waals surface area contributed by atoms with Gasteiger partial charge in [-0.2, -0.15) is 13.9 Å². The fourth-order valence-corrected chi connectivity index (χ4v) is 1.03. The zero-order chi connectivity index (χ0) is 10.9. The molecule has 0 saturated carbocycles. The van der Waals surface area contributed by atoms with Crippen LogP contribution in [-0.2, 0) is 13.0 Å². The number of aromatic nitrogens is 2. The van der Waals surface area contributed by atoms with E-state index in [2.05, 4.69) is 5.10 Å². The molecule has 0 amide bonds. The van der Waals surface area contributed by atoms with Crippen LogP contribution in [0.3, 0.4) is 0 Å². The van der Waals surface area contributed by atoms with Crippen molar-refractivity contribution >= 4 is 0 Å². The Morgan fingerprint density at radius 1 is 1.57 bits per heavy atom. The number of alkyl halides is 4. The molecule has 80 valence electrons. The van der Waals surface area contributed by atoms with Gasteiger partial charge in [0.05, 0.1) is 5.56 Å². The third-order valence-corrected chi connectivity index (χ3v) is 1.66.